The van der Waals surface area contributed by atoms with Crippen LogP contribution >= 0.6 is 0 Å². The molecule has 6 heterocycles. The van der Waals surface area contributed by atoms with Crippen LogP contribution in [0.2, 0.25) is 17.3 Å². The molecule has 7 nitrogen and oxygen atoms in total. The predicted octanol–water partition coefficient (Wildman–Crippen LogP) is 13.1. The van der Waals surface area contributed by atoms with Crippen LogP contribution in [0.3, 0.4) is 0 Å². The maximum atomic E-state index is 8.80. The second kappa shape index (κ2) is 16.4. The van der Waals surface area contributed by atoms with Gasteiger partial charge in [0.1, 0.15) is 5.58 Å². The van der Waals surface area contributed by atoms with Gasteiger partial charge < -0.3 is 8.98 Å². The Kier molecular flexibility index (Phi) is 10.3. The number of hydrogen-bond donors (Lipinski definition) is 0. The number of hydrogen-bond acceptors (Lipinski definition) is 6. The standard InChI is InChI=1S/C29H18N3O.C24H27GeN2O.Ir/c1-18-21-14-13-20(17-19(21)15-16-30-18)32-26-11-4-3-10-25(26)31-29(32)24-9-6-8-23-22-7-2-5-12-27(22)33-28(23)24;1-15(2)12-17-13-22(26-14-21(17)25(4,5)6)20-9-7-8-18-19-11-10-16(3)27-24(19)28-23(18)20;/h2-8,10-17H,1H3;7-8,10-11,13-15H,12H2,1-6H3;/q2*-1;/i;12D2;. The molecule has 0 atom stereocenters. The van der Waals surface area contributed by atoms with Crippen LogP contribution < -0.4 is 4.40 Å². The van der Waals surface area contributed by atoms with E-state index < -0.39 is 19.6 Å². The van der Waals surface area contributed by atoms with Crippen LogP contribution in [0.5, 0.6) is 0 Å². The van der Waals surface area contributed by atoms with E-state index in [0.717, 1.165) is 98.5 Å². The van der Waals surface area contributed by atoms with Crippen molar-refractivity contribution in [1.29, 1.82) is 0 Å². The molecule has 0 amide bonds. The van der Waals surface area contributed by atoms with E-state index in [0.29, 0.717) is 17.0 Å². The van der Waals surface area contributed by atoms with Gasteiger partial charge in [-0.3, -0.25) is 9.97 Å². The van der Waals surface area contributed by atoms with Crippen molar-refractivity contribution in [3.63, 3.8) is 0 Å². The molecule has 0 fully saturated rings. The van der Waals surface area contributed by atoms with Crippen LogP contribution in [0.15, 0.2) is 136 Å². The minimum Gasteiger partial charge on any atom is 0 e. The van der Waals surface area contributed by atoms with Gasteiger partial charge in [-0.1, -0.05) is 47.3 Å². The largest absolute Gasteiger partial charge is 0 e. The molecule has 9 heteroatoms. The van der Waals surface area contributed by atoms with Gasteiger partial charge in [-0.2, -0.15) is 0 Å². The number of aromatic nitrogens is 5. The van der Waals surface area contributed by atoms with Crippen LogP contribution in [-0.4, -0.2) is 37.8 Å². The third kappa shape index (κ3) is 7.44. The van der Waals surface area contributed by atoms with E-state index >= 15 is 0 Å². The van der Waals surface area contributed by atoms with Crippen molar-refractivity contribution >= 4 is 83.5 Å². The molecule has 5 aromatic carbocycles. The Bertz CT molecular complexity index is 3570. The van der Waals surface area contributed by atoms with Crippen molar-refractivity contribution in [3.05, 3.63) is 157 Å². The Balaban J connectivity index is 0.000000160. The SMILES string of the molecule is Cc1nccc2cc(-n3c(-c4[c-]ccc5c4oc4ccccc45)nc4ccccc43)ccc12.[2H]C([2H])(c1cc(-c2[c-]ccc3c2oc2nc(C)ccc23)nc[c]1[Ge]([CH3])([CH3])[CH3])C(C)C.[Ir]. The summed E-state index contributed by atoms with van der Waals surface area (Å²) in [6.07, 6.45) is 2.31. The number of rotatable bonds is 6. The number of benzene rings is 5. The molecule has 11 aromatic rings. The molecule has 0 aliphatic heterocycles. The average molecular weight is 1050 g/mol. The Hall–Kier alpha value is -5.93. The summed E-state index contributed by atoms with van der Waals surface area (Å²) in [4.78, 5) is 18.7. The van der Waals surface area contributed by atoms with Gasteiger partial charge >= 0.3 is 172 Å². The van der Waals surface area contributed by atoms with Crippen molar-refractivity contribution in [2.45, 2.75) is 51.3 Å². The average Bonchev–Trinajstić information content (AvgIpc) is 3.97. The Morgan fingerprint density at radius 1 is 0.726 bits per heavy atom. The second-order valence-corrected chi connectivity index (χ2v) is 27.5. The van der Waals surface area contributed by atoms with Crippen LogP contribution in [-0.2, 0) is 26.5 Å². The van der Waals surface area contributed by atoms with Crippen molar-refractivity contribution in [3.8, 4) is 28.3 Å². The van der Waals surface area contributed by atoms with E-state index in [-0.39, 0.29) is 26.0 Å². The predicted molar refractivity (Wildman–Crippen MR) is 252 cm³/mol. The van der Waals surface area contributed by atoms with E-state index in [9.17, 15) is 0 Å². The zero-order valence-corrected chi connectivity index (χ0v) is 40.1. The summed E-state index contributed by atoms with van der Waals surface area (Å²) in [5.41, 5.74) is 10.9. The first-order valence-corrected chi connectivity index (χ1v) is 28.0. The third-order valence-electron chi connectivity index (χ3n) is 11.2. The smallest absolute Gasteiger partial charge is 0 e. The fourth-order valence-corrected chi connectivity index (χ4v) is 11.2. The van der Waals surface area contributed by atoms with Gasteiger partial charge in [0.05, 0.1) is 22.4 Å². The fraction of sp³-hybridized carbons (Fsp3) is 0.170. The van der Waals surface area contributed by atoms with E-state index in [2.05, 4.69) is 86.4 Å². The first-order valence-electron chi connectivity index (χ1n) is 21.7. The molecular weight excluding hydrogens is 1000 g/mol. The topological polar surface area (TPSA) is 82.8 Å². The fourth-order valence-electron chi connectivity index (χ4n) is 8.29. The minimum atomic E-state index is -2.34. The van der Waals surface area contributed by atoms with Crippen molar-refractivity contribution in [2.75, 3.05) is 0 Å². The van der Waals surface area contributed by atoms with Gasteiger partial charge in [0, 0.05) is 48.5 Å². The molecule has 6 aromatic heterocycles. The Morgan fingerprint density at radius 2 is 1.45 bits per heavy atom. The molecule has 0 unspecified atom stereocenters. The number of fused-ring (bicyclic) bond motifs is 8. The molecule has 0 saturated carbocycles. The molecule has 1 radical (unpaired) electrons. The van der Waals surface area contributed by atoms with Gasteiger partial charge in [-0.15, -0.1) is 18.2 Å². The monoisotopic (exact) mass is 1050 g/mol. The molecule has 0 aliphatic carbocycles. The molecule has 0 N–H and O–H groups in total. The summed E-state index contributed by atoms with van der Waals surface area (Å²) in [6.45, 7) is 7.84. The third-order valence-corrected chi connectivity index (χ3v) is 15.4. The summed E-state index contributed by atoms with van der Waals surface area (Å²) >= 11 is -2.34. The van der Waals surface area contributed by atoms with Gasteiger partial charge in [-0.05, 0) is 48.7 Å². The zero-order chi connectivity index (χ0) is 43.8. The molecule has 62 heavy (non-hydrogen) atoms. The van der Waals surface area contributed by atoms with Gasteiger partial charge in [0.15, 0.2) is 0 Å². The molecule has 0 bridgehead atoms. The van der Waals surface area contributed by atoms with Crippen LogP contribution in [0, 0.1) is 31.9 Å². The minimum absolute atomic E-state index is 0. The Labute approximate surface area is 379 Å². The number of para-hydroxylation sites is 3. The maximum absolute atomic E-state index is 8.80. The molecule has 0 saturated heterocycles. The molecule has 0 spiro atoms. The molecule has 0 aliphatic rings. The number of furan rings is 2. The Morgan fingerprint density at radius 3 is 2.26 bits per heavy atom. The second-order valence-electron chi connectivity index (χ2n) is 16.9. The number of imidazole rings is 1. The van der Waals surface area contributed by atoms with Gasteiger partial charge in [-0.25, -0.2) is 0 Å². The first-order chi connectivity index (χ1) is 30.3. The quantitative estimate of drug-likeness (QED) is 0.122. The molecule has 11 rings (SSSR count). The summed E-state index contributed by atoms with van der Waals surface area (Å²) in [7, 11) is 0. The van der Waals surface area contributed by atoms with E-state index in [4.69, 9.17) is 21.5 Å². The van der Waals surface area contributed by atoms with E-state index in [1.54, 1.807) is 0 Å². The summed E-state index contributed by atoms with van der Waals surface area (Å²) in [5, 5.41) is 6.40. The molecular formula is C53H45GeIrN5O2-2. The zero-order valence-electron chi connectivity index (χ0n) is 37.6. The van der Waals surface area contributed by atoms with Crippen LogP contribution in [0.1, 0.15) is 33.5 Å². The van der Waals surface area contributed by atoms with Crippen LogP contribution in [0.4, 0.5) is 0 Å². The normalized spacial score (nSPS) is 12.6. The number of pyridine rings is 3. The van der Waals surface area contributed by atoms with E-state index in [1.165, 1.54) is 0 Å². The maximum Gasteiger partial charge on any atom is 0 e. The van der Waals surface area contributed by atoms with Gasteiger partial charge in [0.2, 0.25) is 0 Å². The summed E-state index contributed by atoms with van der Waals surface area (Å²) < 4.78 is 33.3. The van der Waals surface area contributed by atoms with Gasteiger partial charge in [0.25, 0.3) is 0 Å². The first kappa shape index (κ1) is 39.0. The van der Waals surface area contributed by atoms with Crippen molar-refractivity contribution < 1.29 is 31.7 Å². The van der Waals surface area contributed by atoms with E-state index in [1.807, 2.05) is 113 Å². The number of nitrogens with zero attached hydrogens (tertiary/aromatic N) is 5. The van der Waals surface area contributed by atoms with Crippen molar-refractivity contribution in [1.82, 2.24) is 24.5 Å². The van der Waals surface area contributed by atoms with Crippen LogP contribution in [0.25, 0.3) is 94.1 Å². The molecule has 309 valence electrons. The number of aryl methyl sites for hydroxylation is 2. The van der Waals surface area contributed by atoms with Crippen molar-refractivity contribution in [2.24, 2.45) is 5.92 Å². The summed E-state index contributed by atoms with van der Waals surface area (Å²) in [6, 6.07) is 45.3. The summed E-state index contributed by atoms with van der Waals surface area (Å²) in [5.74, 6) is 7.49.